The second kappa shape index (κ2) is 6.20. The van der Waals surface area contributed by atoms with E-state index in [9.17, 15) is 0 Å². The highest BCUT2D eigenvalue weighted by atomic mass is 15.2. The number of fused-ring (bicyclic) bond motifs is 1. The van der Waals surface area contributed by atoms with E-state index in [1.807, 2.05) is 25.8 Å². The van der Waals surface area contributed by atoms with Crippen molar-refractivity contribution in [2.24, 2.45) is 12.0 Å². The summed E-state index contributed by atoms with van der Waals surface area (Å²) < 4.78 is 2.08. The van der Waals surface area contributed by atoms with E-state index in [0.29, 0.717) is 0 Å². The molecule has 0 N–H and O–H groups in total. The highest BCUT2D eigenvalue weighted by Gasteiger charge is 2.20. The molecule has 0 radical (unpaired) electrons. The van der Waals surface area contributed by atoms with Crippen molar-refractivity contribution in [2.45, 2.75) is 38.8 Å². The zero-order valence-electron chi connectivity index (χ0n) is 13.6. The molecule has 4 rings (SSSR count). The van der Waals surface area contributed by atoms with Gasteiger partial charge in [0.25, 0.3) is 0 Å². The predicted octanol–water partition coefficient (Wildman–Crippen LogP) is 1.74. The van der Waals surface area contributed by atoms with Crippen LogP contribution in [-0.2, 0) is 26.6 Å². The first kappa shape index (κ1) is 14.5. The van der Waals surface area contributed by atoms with E-state index in [0.717, 1.165) is 50.6 Å². The molecular weight excluding hydrogens is 288 g/mol. The highest BCUT2D eigenvalue weighted by Crippen LogP contribution is 2.19. The van der Waals surface area contributed by atoms with Crippen LogP contribution in [-0.4, -0.2) is 43.2 Å². The Balaban J connectivity index is 1.50. The zero-order valence-corrected chi connectivity index (χ0v) is 13.6. The van der Waals surface area contributed by atoms with Crippen LogP contribution in [0.15, 0.2) is 23.7 Å². The van der Waals surface area contributed by atoms with Crippen LogP contribution in [0.5, 0.6) is 0 Å². The third kappa shape index (κ3) is 3.03. The topological polar surface area (TPSA) is 59.2 Å². The number of imidazole rings is 1. The van der Waals surface area contributed by atoms with Gasteiger partial charge in [0.05, 0.1) is 23.4 Å². The molecule has 23 heavy (non-hydrogen) atoms. The van der Waals surface area contributed by atoms with Gasteiger partial charge >= 0.3 is 0 Å². The molecule has 2 aliphatic rings. The van der Waals surface area contributed by atoms with Gasteiger partial charge in [-0.2, -0.15) is 0 Å². The van der Waals surface area contributed by atoms with Gasteiger partial charge in [-0.05, 0) is 19.3 Å². The lowest BCUT2D eigenvalue weighted by Crippen LogP contribution is -2.32. The van der Waals surface area contributed by atoms with E-state index >= 15 is 0 Å². The van der Waals surface area contributed by atoms with Crippen LogP contribution in [0.1, 0.15) is 42.0 Å². The van der Waals surface area contributed by atoms with Gasteiger partial charge in [-0.3, -0.25) is 9.89 Å². The van der Waals surface area contributed by atoms with Crippen LogP contribution in [0, 0.1) is 0 Å². The largest absolute Gasteiger partial charge is 0.337 e. The molecule has 0 saturated carbocycles. The summed E-state index contributed by atoms with van der Waals surface area (Å²) in [7, 11) is 2.04. The predicted molar refractivity (Wildman–Crippen MR) is 88.3 cm³/mol. The monoisotopic (exact) mass is 310 g/mol. The SMILES string of the molecule is Cn1cncc1CN1CCc2nc(C3=NCCCC3)ncc2C1. The average Bonchev–Trinajstić information content (AvgIpc) is 3.00. The van der Waals surface area contributed by atoms with Crippen LogP contribution < -0.4 is 0 Å². The standard InChI is InChI=1S/C17H22N6/c1-22-12-18-9-14(22)11-23-7-5-15-13(10-23)8-20-17(21-15)16-4-2-3-6-19-16/h8-9,12H,2-7,10-11H2,1H3. The number of aliphatic imine (C=N–C) groups is 1. The van der Waals surface area contributed by atoms with E-state index in [1.54, 1.807) is 0 Å². The number of rotatable bonds is 3. The number of aromatic nitrogens is 4. The summed E-state index contributed by atoms with van der Waals surface area (Å²) in [5.74, 6) is 0.850. The minimum absolute atomic E-state index is 0.850. The highest BCUT2D eigenvalue weighted by molar-refractivity contribution is 5.97. The summed E-state index contributed by atoms with van der Waals surface area (Å²) in [6, 6.07) is 0. The van der Waals surface area contributed by atoms with Gasteiger partial charge in [0.2, 0.25) is 0 Å². The Morgan fingerprint density at radius 3 is 2.91 bits per heavy atom. The Morgan fingerprint density at radius 2 is 2.13 bits per heavy atom. The number of aryl methyl sites for hydroxylation is 1. The van der Waals surface area contributed by atoms with Crippen molar-refractivity contribution in [3.8, 4) is 0 Å². The van der Waals surface area contributed by atoms with Crippen LogP contribution in [0.25, 0.3) is 0 Å². The molecule has 120 valence electrons. The Kier molecular flexibility index (Phi) is 3.91. The van der Waals surface area contributed by atoms with Crippen molar-refractivity contribution < 1.29 is 0 Å². The van der Waals surface area contributed by atoms with Crippen LogP contribution in [0.2, 0.25) is 0 Å². The third-order valence-electron chi connectivity index (χ3n) is 4.70. The number of hydrogen-bond acceptors (Lipinski definition) is 5. The van der Waals surface area contributed by atoms with Gasteiger partial charge < -0.3 is 4.57 Å². The van der Waals surface area contributed by atoms with E-state index in [1.165, 1.54) is 29.8 Å². The average molecular weight is 310 g/mol. The van der Waals surface area contributed by atoms with Crippen molar-refractivity contribution in [1.82, 2.24) is 24.4 Å². The molecule has 2 aromatic rings. The Labute approximate surface area is 136 Å². The molecule has 0 bridgehead atoms. The van der Waals surface area contributed by atoms with Gasteiger partial charge in [-0.15, -0.1) is 0 Å². The lowest BCUT2D eigenvalue weighted by atomic mass is 10.1. The van der Waals surface area contributed by atoms with Crippen molar-refractivity contribution in [3.05, 3.63) is 41.5 Å². The second-order valence-electron chi connectivity index (χ2n) is 6.41. The van der Waals surface area contributed by atoms with E-state index in [4.69, 9.17) is 4.98 Å². The summed E-state index contributed by atoms with van der Waals surface area (Å²) in [4.78, 5) is 20.6. The van der Waals surface area contributed by atoms with Crippen LogP contribution in [0.4, 0.5) is 0 Å². The zero-order chi connectivity index (χ0) is 15.6. The first-order valence-electron chi connectivity index (χ1n) is 8.35. The minimum atomic E-state index is 0.850. The molecule has 0 aliphatic carbocycles. The summed E-state index contributed by atoms with van der Waals surface area (Å²) in [5, 5.41) is 0. The van der Waals surface area contributed by atoms with Crippen molar-refractivity contribution >= 4 is 5.71 Å². The Bertz CT molecular complexity index is 732. The Hall–Kier alpha value is -2.08. The molecule has 0 fully saturated rings. The van der Waals surface area contributed by atoms with Crippen molar-refractivity contribution in [1.29, 1.82) is 0 Å². The first-order chi connectivity index (χ1) is 11.3. The maximum absolute atomic E-state index is 4.80. The summed E-state index contributed by atoms with van der Waals surface area (Å²) in [6.45, 7) is 3.78. The first-order valence-corrected chi connectivity index (χ1v) is 8.35. The Morgan fingerprint density at radius 1 is 1.17 bits per heavy atom. The molecule has 0 amide bonds. The van der Waals surface area contributed by atoms with Crippen molar-refractivity contribution in [2.75, 3.05) is 13.1 Å². The molecule has 6 heteroatoms. The smallest absolute Gasteiger partial charge is 0.173 e. The molecule has 0 aromatic carbocycles. The fourth-order valence-corrected chi connectivity index (χ4v) is 3.29. The van der Waals surface area contributed by atoms with Crippen LogP contribution in [0.3, 0.4) is 0 Å². The maximum atomic E-state index is 4.80. The quantitative estimate of drug-likeness (QED) is 0.866. The minimum Gasteiger partial charge on any atom is -0.337 e. The molecule has 0 saturated heterocycles. The molecule has 4 heterocycles. The lowest BCUT2D eigenvalue weighted by Gasteiger charge is -2.28. The molecule has 2 aromatic heterocycles. The molecule has 2 aliphatic heterocycles. The summed E-state index contributed by atoms with van der Waals surface area (Å²) in [6.07, 6.45) is 10.2. The second-order valence-corrected chi connectivity index (χ2v) is 6.41. The van der Waals surface area contributed by atoms with Gasteiger partial charge in [-0.25, -0.2) is 15.0 Å². The molecule has 0 unspecified atom stereocenters. The fourth-order valence-electron chi connectivity index (χ4n) is 3.29. The van der Waals surface area contributed by atoms with Crippen molar-refractivity contribution in [3.63, 3.8) is 0 Å². The van der Waals surface area contributed by atoms with E-state index in [-0.39, 0.29) is 0 Å². The summed E-state index contributed by atoms with van der Waals surface area (Å²) in [5.41, 5.74) is 4.78. The molecule has 6 nitrogen and oxygen atoms in total. The van der Waals surface area contributed by atoms with Crippen LogP contribution >= 0.6 is 0 Å². The van der Waals surface area contributed by atoms with Gasteiger partial charge in [0, 0.05) is 57.6 Å². The van der Waals surface area contributed by atoms with Gasteiger partial charge in [0.15, 0.2) is 5.82 Å². The van der Waals surface area contributed by atoms with Gasteiger partial charge in [0.1, 0.15) is 0 Å². The normalized spacial score (nSPS) is 18.6. The molecular formula is C17H22N6. The number of hydrogen-bond donors (Lipinski definition) is 0. The lowest BCUT2D eigenvalue weighted by molar-refractivity contribution is 0.237. The molecule has 0 atom stereocenters. The van der Waals surface area contributed by atoms with E-state index in [2.05, 4.69) is 24.4 Å². The fraction of sp³-hybridized carbons (Fsp3) is 0.529. The summed E-state index contributed by atoms with van der Waals surface area (Å²) >= 11 is 0. The van der Waals surface area contributed by atoms with Gasteiger partial charge in [-0.1, -0.05) is 0 Å². The third-order valence-corrected chi connectivity index (χ3v) is 4.70. The van der Waals surface area contributed by atoms with E-state index < -0.39 is 0 Å². The maximum Gasteiger partial charge on any atom is 0.173 e. The molecule has 0 spiro atoms. The number of nitrogens with zero attached hydrogens (tertiary/aromatic N) is 6.